The lowest BCUT2D eigenvalue weighted by atomic mass is 10.1. The van der Waals surface area contributed by atoms with Crippen LogP contribution in [-0.2, 0) is 6.54 Å². The van der Waals surface area contributed by atoms with Crippen molar-refractivity contribution in [2.24, 2.45) is 0 Å². The molecule has 1 heterocycles. The average molecular weight is 234 g/mol. The molecule has 4 heteroatoms. The summed E-state index contributed by atoms with van der Waals surface area (Å²) in [6.07, 6.45) is 1.86. The number of phenols is 1. The maximum absolute atomic E-state index is 9.69. The van der Waals surface area contributed by atoms with Gasteiger partial charge in [-0.2, -0.15) is 0 Å². The molecule has 1 aromatic heterocycles. The van der Waals surface area contributed by atoms with Gasteiger partial charge in [-0.1, -0.05) is 18.2 Å². The third-order valence-corrected chi connectivity index (χ3v) is 3.25. The lowest BCUT2D eigenvalue weighted by Gasteiger charge is -2.14. The molecule has 0 bridgehead atoms. The molecule has 2 N–H and O–H groups in total. The van der Waals surface area contributed by atoms with Crippen LogP contribution < -0.4 is 5.32 Å². The van der Waals surface area contributed by atoms with E-state index in [0.717, 1.165) is 12.1 Å². The molecule has 1 unspecified atom stereocenters. The predicted molar refractivity (Wildman–Crippen MR) is 65.5 cm³/mol. The SMILES string of the molecule is CC(NCc1cncs1)c1ccccc1O. The first kappa shape index (κ1) is 11.1. The van der Waals surface area contributed by atoms with Gasteiger partial charge in [0.05, 0.1) is 5.51 Å². The van der Waals surface area contributed by atoms with Gasteiger partial charge in [0.15, 0.2) is 0 Å². The molecule has 0 saturated heterocycles. The third kappa shape index (κ3) is 2.59. The van der Waals surface area contributed by atoms with E-state index in [0.29, 0.717) is 5.75 Å². The summed E-state index contributed by atoms with van der Waals surface area (Å²) >= 11 is 1.63. The molecule has 2 aromatic rings. The molecular formula is C12H14N2OS. The number of rotatable bonds is 4. The second-order valence-electron chi connectivity index (χ2n) is 3.63. The van der Waals surface area contributed by atoms with Gasteiger partial charge in [-0.15, -0.1) is 11.3 Å². The number of nitrogens with one attached hydrogen (secondary N) is 1. The van der Waals surface area contributed by atoms with E-state index < -0.39 is 0 Å². The quantitative estimate of drug-likeness (QED) is 0.855. The summed E-state index contributed by atoms with van der Waals surface area (Å²) in [6.45, 7) is 2.82. The summed E-state index contributed by atoms with van der Waals surface area (Å²) in [5.74, 6) is 0.340. The number of hydrogen-bond acceptors (Lipinski definition) is 4. The monoisotopic (exact) mass is 234 g/mol. The van der Waals surface area contributed by atoms with Crippen LogP contribution in [0.15, 0.2) is 36.0 Å². The molecule has 0 aliphatic carbocycles. The molecule has 0 spiro atoms. The van der Waals surface area contributed by atoms with Crippen LogP contribution in [-0.4, -0.2) is 10.1 Å². The fourth-order valence-corrected chi connectivity index (χ4v) is 2.09. The fourth-order valence-electron chi connectivity index (χ4n) is 1.55. The van der Waals surface area contributed by atoms with Gasteiger partial charge in [-0.3, -0.25) is 4.98 Å². The van der Waals surface area contributed by atoms with E-state index in [1.807, 2.05) is 36.8 Å². The minimum absolute atomic E-state index is 0.128. The highest BCUT2D eigenvalue weighted by Crippen LogP contribution is 2.23. The fraction of sp³-hybridized carbons (Fsp3) is 0.250. The highest BCUT2D eigenvalue weighted by atomic mass is 32.1. The normalized spacial score (nSPS) is 12.6. The molecule has 3 nitrogen and oxygen atoms in total. The van der Waals surface area contributed by atoms with Gasteiger partial charge in [0, 0.05) is 29.2 Å². The lowest BCUT2D eigenvalue weighted by molar-refractivity contribution is 0.452. The van der Waals surface area contributed by atoms with E-state index in [1.54, 1.807) is 17.4 Å². The van der Waals surface area contributed by atoms with Crippen LogP contribution in [0.1, 0.15) is 23.4 Å². The van der Waals surface area contributed by atoms with Crippen molar-refractivity contribution in [3.05, 3.63) is 46.4 Å². The topological polar surface area (TPSA) is 45.2 Å². The van der Waals surface area contributed by atoms with Crippen LogP contribution in [0, 0.1) is 0 Å². The Morgan fingerprint density at radius 3 is 2.94 bits per heavy atom. The van der Waals surface area contributed by atoms with Crippen molar-refractivity contribution in [2.45, 2.75) is 19.5 Å². The summed E-state index contributed by atoms with van der Waals surface area (Å²) in [7, 11) is 0. The van der Waals surface area contributed by atoms with E-state index in [1.165, 1.54) is 4.88 Å². The smallest absolute Gasteiger partial charge is 0.120 e. The molecule has 84 valence electrons. The first-order chi connectivity index (χ1) is 7.77. The summed E-state index contributed by atoms with van der Waals surface area (Å²) in [6, 6.07) is 7.53. The van der Waals surface area contributed by atoms with E-state index in [2.05, 4.69) is 10.3 Å². The van der Waals surface area contributed by atoms with Crippen LogP contribution >= 0.6 is 11.3 Å². The first-order valence-electron chi connectivity index (χ1n) is 5.16. The van der Waals surface area contributed by atoms with Crippen molar-refractivity contribution in [1.82, 2.24) is 10.3 Å². The zero-order chi connectivity index (χ0) is 11.4. The largest absolute Gasteiger partial charge is 0.508 e. The molecule has 0 fully saturated rings. The Morgan fingerprint density at radius 1 is 1.44 bits per heavy atom. The standard InChI is InChI=1S/C12H14N2OS/c1-9(11-4-2-3-5-12(11)15)14-7-10-6-13-8-16-10/h2-6,8-9,14-15H,7H2,1H3. The van der Waals surface area contributed by atoms with E-state index in [9.17, 15) is 5.11 Å². The summed E-state index contributed by atoms with van der Waals surface area (Å²) < 4.78 is 0. The summed E-state index contributed by atoms with van der Waals surface area (Å²) in [5.41, 5.74) is 2.74. The van der Waals surface area contributed by atoms with Gasteiger partial charge >= 0.3 is 0 Å². The number of phenolic OH excluding ortho intramolecular Hbond substituents is 1. The summed E-state index contributed by atoms with van der Waals surface area (Å²) in [5, 5.41) is 13.0. The van der Waals surface area contributed by atoms with Gasteiger partial charge in [-0.05, 0) is 13.0 Å². The number of para-hydroxylation sites is 1. The predicted octanol–water partition coefficient (Wildman–Crippen LogP) is 2.70. The number of aromatic hydroxyl groups is 1. The van der Waals surface area contributed by atoms with Gasteiger partial charge in [0.2, 0.25) is 0 Å². The molecule has 2 rings (SSSR count). The molecule has 0 amide bonds. The molecule has 16 heavy (non-hydrogen) atoms. The lowest BCUT2D eigenvalue weighted by Crippen LogP contribution is -2.17. The number of thiazole rings is 1. The van der Waals surface area contributed by atoms with Crippen molar-refractivity contribution < 1.29 is 5.11 Å². The molecule has 0 aliphatic rings. The van der Waals surface area contributed by atoms with Crippen LogP contribution in [0.3, 0.4) is 0 Å². The van der Waals surface area contributed by atoms with Gasteiger partial charge in [0.25, 0.3) is 0 Å². The van der Waals surface area contributed by atoms with Gasteiger partial charge < -0.3 is 10.4 Å². The molecule has 0 radical (unpaired) electrons. The van der Waals surface area contributed by atoms with Crippen molar-refractivity contribution in [3.63, 3.8) is 0 Å². The van der Waals surface area contributed by atoms with Crippen LogP contribution in [0.5, 0.6) is 5.75 Å². The van der Waals surface area contributed by atoms with Crippen LogP contribution in [0.2, 0.25) is 0 Å². The molecule has 0 saturated carbocycles. The Hall–Kier alpha value is -1.39. The highest BCUT2D eigenvalue weighted by Gasteiger charge is 2.08. The minimum atomic E-state index is 0.128. The van der Waals surface area contributed by atoms with E-state index >= 15 is 0 Å². The number of aromatic nitrogens is 1. The van der Waals surface area contributed by atoms with E-state index in [4.69, 9.17) is 0 Å². The number of nitrogens with zero attached hydrogens (tertiary/aromatic N) is 1. The minimum Gasteiger partial charge on any atom is -0.508 e. The van der Waals surface area contributed by atoms with Crippen molar-refractivity contribution in [3.8, 4) is 5.75 Å². The second-order valence-corrected chi connectivity index (χ2v) is 4.60. The molecule has 1 aromatic carbocycles. The maximum atomic E-state index is 9.69. The molecule has 1 atom stereocenters. The first-order valence-corrected chi connectivity index (χ1v) is 6.04. The van der Waals surface area contributed by atoms with Crippen molar-refractivity contribution in [1.29, 1.82) is 0 Å². The molecule has 0 aliphatic heterocycles. The number of benzene rings is 1. The van der Waals surface area contributed by atoms with Crippen LogP contribution in [0.4, 0.5) is 0 Å². The Bertz CT molecular complexity index is 442. The Balaban J connectivity index is 1.98. The zero-order valence-corrected chi connectivity index (χ0v) is 9.87. The van der Waals surface area contributed by atoms with Crippen molar-refractivity contribution in [2.75, 3.05) is 0 Å². The second kappa shape index (κ2) is 5.09. The van der Waals surface area contributed by atoms with Crippen LogP contribution in [0.25, 0.3) is 0 Å². The van der Waals surface area contributed by atoms with Gasteiger partial charge in [-0.25, -0.2) is 0 Å². The van der Waals surface area contributed by atoms with E-state index in [-0.39, 0.29) is 6.04 Å². The maximum Gasteiger partial charge on any atom is 0.120 e. The molecular weight excluding hydrogens is 220 g/mol. The average Bonchev–Trinajstić information content (AvgIpc) is 2.79. The summed E-state index contributed by atoms with van der Waals surface area (Å²) in [4.78, 5) is 5.22. The van der Waals surface area contributed by atoms with Gasteiger partial charge in [0.1, 0.15) is 5.75 Å². The Labute approximate surface area is 98.8 Å². The Morgan fingerprint density at radius 2 is 2.25 bits per heavy atom. The third-order valence-electron chi connectivity index (χ3n) is 2.47. The Kier molecular flexibility index (Phi) is 3.54. The number of hydrogen-bond donors (Lipinski definition) is 2. The van der Waals surface area contributed by atoms with Crippen molar-refractivity contribution >= 4 is 11.3 Å². The zero-order valence-electron chi connectivity index (χ0n) is 9.05. The highest BCUT2D eigenvalue weighted by molar-refractivity contribution is 7.09.